The van der Waals surface area contributed by atoms with Gasteiger partial charge < -0.3 is 20.1 Å². The van der Waals surface area contributed by atoms with Crippen LogP contribution in [0.1, 0.15) is 74.8 Å². The van der Waals surface area contributed by atoms with Crippen LogP contribution in [0.25, 0.3) is 5.70 Å². The van der Waals surface area contributed by atoms with E-state index in [1.807, 2.05) is 29.2 Å². The first kappa shape index (κ1) is 21.9. The summed E-state index contributed by atoms with van der Waals surface area (Å²) < 4.78 is 12.8. The number of carbonyl (C=O) groups excluding carboxylic acids is 1. The largest absolute Gasteiger partial charge is 0.487 e. The van der Waals surface area contributed by atoms with Crippen LogP contribution in [0.2, 0.25) is 0 Å². The van der Waals surface area contributed by atoms with Gasteiger partial charge in [0.2, 0.25) is 5.91 Å². The molecule has 0 aromatic heterocycles. The van der Waals surface area contributed by atoms with Crippen molar-refractivity contribution in [3.05, 3.63) is 60.2 Å². The predicted molar refractivity (Wildman–Crippen MR) is 132 cm³/mol. The summed E-state index contributed by atoms with van der Waals surface area (Å²) in [6, 6.07) is 14.0. The number of hydrogen-bond acceptors (Lipinski definition) is 4. The number of rotatable bonds is 7. The summed E-state index contributed by atoms with van der Waals surface area (Å²) in [6.45, 7) is 4.46. The van der Waals surface area contributed by atoms with E-state index in [1.165, 1.54) is 25.7 Å². The molecule has 3 fully saturated rings. The van der Waals surface area contributed by atoms with Gasteiger partial charge in [0.05, 0.1) is 12.2 Å². The van der Waals surface area contributed by atoms with E-state index in [0.29, 0.717) is 18.7 Å². The van der Waals surface area contributed by atoms with Crippen LogP contribution in [-0.2, 0) is 4.79 Å². The summed E-state index contributed by atoms with van der Waals surface area (Å²) in [6.07, 6.45) is 10.4. The monoisotopic (exact) mass is 446 g/mol. The Morgan fingerprint density at radius 2 is 1.58 bits per heavy atom. The fourth-order valence-electron chi connectivity index (χ4n) is 5.39. The molecule has 1 aliphatic heterocycles. The minimum absolute atomic E-state index is 0.119. The van der Waals surface area contributed by atoms with Gasteiger partial charge in [0.25, 0.3) is 0 Å². The highest BCUT2D eigenvalue weighted by molar-refractivity contribution is 5.96. The maximum Gasteiger partial charge on any atom is 0.227 e. The molecular formula is C28H34N2O3. The van der Waals surface area contributed by atoms with Crippen LogP contribution in [0, 0.1) is 0 Å². The Morgan fingerprint density at radius 1 is 0.909 bits per heavy atom. The van der Waals surface area contributed by atoms with Crippen LogP contribution in [-0.4, -0.2) is 24.7 Å². The van der Waals surface area contributed by atoms with E-state index in [0.717, 1.165) is 54.0 Å². The fraction of sp³-hybridized carbons (Fsp3) is 0.464. The second-order valence-electron chi connectivity index (χ2n) is 9.74. The van der Waals surface area contributed by atoms with Crippen LogP contribution in [0.5, 0.6) is 11.5 Å². The molecule has 3 aliphatic rings. The Labute approximate surface area is 196 Å². The number of ether oxygens (including phenoxy) is 2. The van der Waals surface area contributed by atoms with Crippen molar-refractivity contribution in [2.24, 2.45) is 5.73 Å². The molecule has 0 unspecified atom stereocenters. The Balaban J connectivity index is 1.37. The molecule has 33 heavy (non-hydrogen) atoms. The number of amides is 1. The third kappa shape index (κ3) is 4.87. The molecule has 5 nitrogen and oxygen atoms in total. The van der Waals surface area contributed by atoms with Crippen molar-refractivity contribution < 1.29 is 14.3 Å². The van der Waals surface area contributed by atoms with E-state index in [1.54, 1.807) is 0 Å². The Morgan fingerprint density at radius 3 is 2.24 bits per heavy atom. The molecule has 2 aliphatic carbocycles. The number of nitrogens with two attached hydrogens (primary N) is 1. The number of benzene rings is 2. The predicted octanol–water partition coefficient (Wildman–Crippen LogP) is 5.78. The lowest BCUT2D eigenvalue weighted by Gasteiger charge is -2.22. The summed E-state index contributed by atoms with van der Waals surface area (Å²) >= 11 is 0. The van der Waals surface area contributed by atoms with Crippen molar-refractivity contribution in [1.82, 2.24) is 0 Å². The van der Waals surface area contributed by atoms with Crippen LogP contribution in [0.3, 0.4) is 0 Å². The molecule has 1 amide bonds. The Bertz CT molecular complexity index is 1020. The number of carbonyl (C=O) groups is 1. The molecule has 2 aromatic carbocycles. The molecule has 2 saturated carbocycles. The minimum Gasteiger partial charge on any atom is -0.487 e. The SMILES string of the molecule is C=C(N)c1cccc(N2C[C@@H](c3ccc(OC4CCCC4)c(OC4CCCC4)c3)CC2=O)c1. The first-order valence-electron chi connectivity index (χ1n) is 12.4. The minimum atomic E-state index is 0.119. The van der Waals surface area contributed by atoms with Gasteiger partial charge in [-0.25, -0.2) is 0 Å². The lowest BCUT2D eigenvalue weighted by Crippen LogP contribution is -2.24. The van der Waals surface area contributed by atoms with Gasteiger partial charge >= 0.3 is 0 Å². The smallest absolute Gasteiger partial charge is 0.227 e. The van der Waals surface area contributed by atoms with Gasteiger partial charge in [-0.2, -0.15) is 0 Å². The first-order chi connectivity index (χ1) is 16.1. The lowest BCUT2D eigenvalue weighted by atomic mass is 9.97. The highest BCUT2D eigenvalue weighted by Crippen LogP contribution is 2.39. The molecule has 0 spiro atoms. The zero-order chi connectivity index (χ0) is 22.8. The maximum absolute atomic E-state index is 12.9. The average Bonchev–Trinajstić information content (AvgIpc) is 3.58. The summed E-state index contributed by atoms with van der Waals surface area (Å²) in [5.74, 6) is 1.95. The van der Waals surface area contributed by atoms with Crippen molar-refractivity contribution in [3.8, 4) is 11.5 Å². The summed E-state index contributed by atoms with van der Waals surface area (Å²) in [5.41, 5.74) is 9.23. The van der Waals surface area contributed by atoms with Crippen molar-refractivity contribution >= 4 is 17.3 Å². The molecule has 2 N–H and O–H groups in total. The Hall–Kier alpha value is -2.95. The van der Waals surface area contributed by atoms with E-state index in [2.05, 4.69) is 24.8 Å². The molecule has 1 heterocycles. The summed E-state index contributed by atoms with van der Waals surface area (Å²) in [7, 11) is 0. The van der Waals surface area contributed by atoms with Gasteiger partial charge in [0.15, 0.2) is 11.5 Å². The van der Waals surface area contributed by atoms with E-state index < -0.39 is 0 Å². The second-order valence-corrected chi connectivity index (χ2v) is 9.74. The van der Waals surface area contributed by atoms with Crippen molar-refractivity contribution in [3.63, 3.8) is 0 Å². The zero-order valence-electron chi connectivity index (χ0n) is 19.3. The summed E-state index contributed by atoms with van der Waals surface area (Å²) in [5, 5.41) is 0. The third-order valence-electron chi connectivity index (χ3n) is 7.28. The number of hydrogen-bond donors (Lipinski definition) is 1. The van der Waals surface area contributed by atoms with E-state index in [-0.39, 0.29) is 24.0 Å². The molecule has 2 aromatic rings. The van der Waals surface area contributed by atoms with Crippen LogP contribution >= 0.6 is 0 Å². The number of nitrogens with zero attached hydrogens (tertiary/aromatic N) is 1. The van der Waals surface area contributed by atoms with E-state index in [4.69, 9.17) is 15.2 Å². The van der Waals surface area contributed by atoms with Gasteiger partial charge in [0.1, 0.15) is 0 Å². The van der Waals surface area contributed by atoms with Crippen molar-refractivity contribution in [2.45, 2.75) is 75.9 Å². The molecule has 1 saturated heterocycles. The van der Waals surface area contributed by atoms with Gasteiger partial charge in [-0.3, -0.25) is 4.79 Å². The summed E-state index contributed by atoms with van der Waals surface area (Å²) in [4.78, 5) is 14.8. The fourth-order valence-corrected chi connectivity index (χ4v) is 5.39. The van der Waals surface area contributed by atoms with E-state index >= 15 is 0 Å². The van der Waals surface area contributed by atoms with E-state index in [9.17, 15) is 4.79 Å². The maximum atomic E-state index is 12.9. The molecule has 0 bridgehead atoms. The molecule has 0 radical (unpaired) electrons. The molecule has 5 heteroatoms. The quantitative estimate of drug-likeness (QED) is 0.586. The van der Waals surface area contributed by atoms with Crippen molar-refractivity contribution in [2.75, 3.05) is 11.4 Å². The molecular weight excluding hydrogens is 412 g/mol. The Kier molecular flexibility index (Phi) is 6.30. The van der Waals surface area contributed by atoms with Crippen molar-refractivity contribution in [1.29, 1.82) is 0 Å². The lowest BCUT2D eigenvalue weighted by molar-refractivity contribution is -0.117. The van der Waals surface area contributed by atoms with Gasteiger partial charge in [0, 0.05) is 30.3 Å². The third-order valence-corrected chi connectivity index (χ3v) is 7.28. The highest BCUT2D eigenvalue weighted by atomic mass is 16.5. The van der Waals surface area contributed by atoms with Crippen LogP contribution in [0.4, 0.5) is 5.69 Å². The highest BCUT2D eigenvalue weighted by Gasteiger charge is 2.33. The van der Waals surface area contributed by atoms with Gasteiger partial charge in [-0.1, -0.05) is 24.8 Å². The average molecular weight is 447 g/mol. The zero-order valence-corrected chi connectivity index (χ0v) is 19.3. The van der Waals surface area contributed by atoms with Crippen LogP contribution < -0.4 is 20.1 Å². The first-order valence-corrected chi connectivity index (χ1v) is 12.4. The molecule has 1 atom stereocenters. The topological polar surface area (TPSA) is 64.8 Å². The van der Waals surface area contributed by atoms with Crippen LogP contribution in [0.15, 0.2) is 49.0 Å². The normalized spacial score (nSPS) is 21.6. The van der Waals surface area contributed by atoms with Gasteiger partial charge in [-0.05, 0) is 86.8 Å². The number of anilines is 1. The second kappa shape index (κ2) is 9.50. The molecule has 5 rings (SSSR count). The van der Waals surface area contributed by atoms with Gasteiger partial charge in [-0.15, -0.1) is 0 Å². The standard InChI is InChI=1S/C28H34N2O3/c1-19(29)20-7-6-8-23(15-20)30-18-22(17-28(30)31)21-13-14-26(32-24-9-2-3-10-24)27(16-21)33-25-11-4-5-12-25/h6-8,13-16,22,24-25H,1-5,9-12,17-18,29H2/t22-/m0/s1. The molecule has 174 valence electrons.